The van der Waals surface area contributed by atoms with E-state index in [2.05, 4.69) is 4.98 Å². The van der Waals surface area contributed by atoms with E-state index in [9.17, 15) is 9.90 Å². The highest BCUT2D eigenvalue weighted by Crippen LogP contribution is 2.33. The minimum atomic E-state index is -0.916. The summed E-state index contributed by atoms with van der Waals surface area (Å²) < 4.78 is 0. The molecule has 0 aliphatic heterocycles. The zero-order chi connectivity index (χ0) is 13.9. The predicted molar refractivity (Wildman–Crippen MR) is 81.4 cm³/mol. The Morgan fingerprint density at radius 3 is 2.65 bits per heavy atom. The SMILES string of the molecule is O=C(O)c1cnc(SCC2CCCC2)c2ccccc12. The number of pyridine rings is 1. The standard InChI is InChI=1S/C16H17NO2S/c18-16(19)14-9-17-15(13-8-4-3-7-12(13)14)20-10-11-5-1-2-6-11/h3-4,7-9,11H,1-2,5-6,10H2,(H,18,19). The molecule has 104 valence electrons. The van der Waals surface area contributed by atoms with E-state index < -0.39 is 5.97 Å². The Morgan fingerprint density at radius 1 is 1.25 bits per heavy atom. The second kappa shape index (κ2) is 5.83. The second-order valence-corrected chi connectivity index (χ2v) is 6.30. The van der Waals surface area contributed by atoms with E-state index in [1.54, 1.807) is 11.8 Å². The molecule has 1 aliphatic carbocycles. The van der Waals surface area contributed by atoms with Crippen molar-refractivity contribution in [2.24, 2.45) is 5.92 Å². The number of nitrogens with zero attached hydrogens (tertiary/aromatic N) is 1. The van der Waals surface area contributed by atoms with Gasteiger partial charge in [0.05, 0.1) is 5.56 Å². The van der Waals surface area contributed by atoms with E-state index in [0.29, 0.717) is 0 Å². The predicted octanol–water partition coefficient (Wildman–Crippen LogP) is 4.22. The van der Waals surface area contributed by atoms with Crippen molar-refractivity contribution in [3.8, 4) is 0 Å². The zero-order valence-corrected chi connectivity index (χ0v) is 12.0. The number of thioether (sulfide) groups is 1. The Balaban J connectivity index is 1.91. The Hall–Kier alpha value is -1.55. The fourth-order valence-corrected chi connectivity index (χ4v) is 4.01. The van der Waals surface area contributed by atoms with Gasteiger partial charge < -0.3 is 5.11 Å². The van der Waals surface area contributed by atoms with Crippen molar-refractivity contribution in [3.05, 3.63) is 36.0 Å². The van der Waals surface area contributed by atoms with Crippen molar-refractivity contribution in [3.63, 3.8) is 0 Å². The fourth-order valence-electron chi connectivity index (χ4n) is 2.83. The molecule has 1 fully saturated rings. The van der Waals surface area contributed by atoms with Crippen LogP contribution in [0.3, 0.4) is 0 Å². The third-order valence-electron chi connectivity index (χ3n) is 3.92. The van der Waals surface area contributed by atoms with Crippen LogP contribution < -0.4 is 0 Å². The van der Waals surface area contributed by atoms with E-state index in [1.807, 2.05) is 24.3 Å². The maximum absolute atomic E-state index is 11.2. The monoisotopic (exact) mass is 287 g/mol. The number of benzene rings is 1. The molecule has 0 radical (unpaired) electrons. The highest BCUT2D eigenvalue weighted by atomic mass is 32.2. The largest absolute Gasteiger partial charge is 0.478 e. The molecule has 0 spiro atoms. The summed E-state index contributed by atoms with van der Waals surface area (Å²) in [4.78, 5) is 15.6. The molecule has 3 rings (SSSR count). The molecule has 1 aromatic carbocycles. The Bertz CT molecular complexity index is 635. The lowest BCUT2D eigenvalue weighted by molar-refractivity contribution is 0.0698. The van der Waals surface area contributed by atoms with Crippen LogP contribution in [0, 0.1) is 5.92 Å². The van der Waals surface area contributed by atoms with Gasteiger partial charge in [-0.1, -0.05) is 37.1 Å². The summed E-state index contributed by atoms with van der Waals surface area (Å²) in [6.07, 6.45) is 6.81. The van der Waals surface area contributed by atoms with Crippen LogP contribution in [0.15, 0.2) is 35.5 Å². The van der Waals surface area contributed by atoms with Crippen LogP contribution in [-0.4, -0.2) is 21.8 Å². The van der Waals surface area contributed by atoms with Gasteiger partial charge in [0, 0.05) is 22.7 Å². The molecular weight excluding hydrogens is 270 g/mol. The van der Waals surface area contributed by atoms with Crippen LogP contribution in [0.2, 0.25) is 0 Å². The number of aromatic carboxylic acids is 1. The van der Waals surface area contributed by atoms with Crippen molar-refractivity contribution >= 4 is 28.5 Å². The van der Waals surface area contributed by atoms with Crippen LogP contribution in [0.1, 0.15) is 36.0 Å². The first kappa shape index (κ1) is 13.4. The van der Waals surface area contributed by atoms with Gasteiger partial charge in [-0.3, -0.25) is 0 Å². The van der Waals surface area contributed by atoms with Crippen LogP contribution in [0.4, 0.5) is 0 Å². The van der Waals surface area contributed by atoms with Crippen molar-refractivity contribution in [1.29, 1.82) is 0 Å². The molecule has 1 aromatic heterocycles. The molecule has 1 N–H and O–H groups in total. The molecule has 0 unspecified atom stereocenters. The maximum Gasteiger partial charge on any atom is 0.337 e. The average Bonchev–Trinajstić information content (AvgIpc) is 2.97. The molecular formula is C16H17NO2S. The number of rotatable bonds is 4. The first-order valence-corrected chi connectivity index (χ1v) is 7.98. The number of hydrogen-bond donors (Lipinski definition) is 1. The number of carboxylic acids is 1. The Morgan fingerprint density at radius 2 is 1.95 bits per heavy atom. The van der Waals surface area contributed by atoms with Crippen molar-refractivity contribution in [1.82, 2.24) is 4.98 Å². The quantitative estimate of drug-likeness (QED) is 0.856. The van der Waals surface area contributed by atoms with Gasteiger partial charge in [-0.25, -0.2) is 9.78 Å². The zero-order valence-electron chi connectivity index (χ0n) is 11.2. The third kappa shape index (κ3) is 2.66. The lowest BCUT2D eigenvalue weighted by Crippen LogP contribution is -2.01. The summed E-state index contributed by atoms with van der Waals surface area (Å²) in [5.74, 6) is 0.962. The van der Waals surface area contributed by atoms with Crippen LogP contribution >= 0.6 is 11.8 Å². The highest BCUT2D eigenvalue weighted by molar-refractivity contribution is 7.99. The number of aromatic nitrogens is 1. The first-order valence-electron chi connectivity index (χ1n) is 6.99. The van der Waals surface area contributed by atoms with Gasteiger partial charge in [-0.2, -0.15) is 0 Å². The van der Waals surface area contributed by atoms with Gasteiger partial charge in [-0.05, 0) is 18.8 Å². The van der Waals surface area contributed by atoms with E-state index in [4.69, 9.17) is 0 Å². The summed E-state index contributed by atoms with van der Waals surface area (Å²) in [7, 11) is 0. The number of carboxylic acid groups (broad SMARTS) is 1. The number of carbonyl (C=O) groups is 1. The normalized spacial score (nSPS) is 15.8. The van der Waals surface area contributed by atoms with Gasteiger partial charge in [0.15, 0.2) is 0 Å². The van der Waals surface area contributed by atoms with Gasteiger partial charge in [0.2, 0.25) is 0 Å². The molecule has 0 atom stereocenters. The molecule has 0 amide bonds. The van der Waals surface area contributed by atoms with Gasteiger partial charge in [-0.15, -0.1) is 11.8 Å². The number of hydrogen-bond acceptors (Lipinski definition) is 3. The summed E-state index contributed by atoms with van der Waals surface area (Å²) in [5, 5.41) is 11.9. The molecule has 0 saturated heterocycles. The van der Waals surface area contributed by atoms with Crippen LogP contribution in [0.5, 0.6) is 0 Å². The molecule has 3 nitrogen and oxygen atoms in total. The summed E-state index contributed by atoms with van der Waals surface area (Å²) in [6, 6.07) is 7.64. The van der Waals surface area contributed by atoms with Gasteiger partial charge in [0.25, 0.3) is 0 Å². The lowest BCUT2D eigenvalue weighted by Gasteiger charge is -2.10. The molecule has 0 bridgehead atoms. The minimum Gasteiger partial charge on any atom is -0.478 e. The molecule has 20 heavy (non-hydrogen) atoms. The molecule has 1 aliphatic rings. The van der Waals surface area contributed by atoms with Gasteiger partial charge >= 0.3 is 5.97 Å². The molecule has 1 heterocycles. The third-order valence-corrected chi connectivity index (χ3v) is 5.16. The van der Waals surface area contributed by atoms with E-state index in [-0.39, 0.29) is 5.56 Å². The van der Waals surface area contributed by atoms with E-state index >= 15 is 0 Å². The smallest absolute Gasteiger partial charge is 0.337 e. The van der Waals surface area contributed by atoms with Crippen molar-refractivity contribution in [2.45, 2.75) is 30.7 Å². The van der Waals surface area contributed by atoms with E-state index in [0.717, 1.165) is 27.5 Å². The maximum atomic E-state index is 11.2. The Labute approximate surface area is 122 Å². The highest BCUT2D eigenvalue weighted by Gasteiger charge is 2.17. The summed E-state index contributed by atoms with van der Waals surface area (Å²) in [6.45, 7) is 0. The molecule has 1 saturated carbocycles. The van der Waals surface area contributed by atoms with Crippen molar-refractivity contribution in [2.75, 3.05) is 5.75 Å². The summed E-state index contributed by atoms with van der Waals surface area (Å²) in [5.41, 5.74) is 0.283. The fraction of sp³-hybridized carbons (Fsp3) is 0.375. The minimum absolute atomic E-state index is 0.283. The van der Waals surface area contributed by atoms with Crippen LogP contribution in [-0.2, 0) is 0 Å². The first-order chi connectivity index (χ1) is 9.75. The van der Waals surface area contributed by atoms with Crippen molar-refractivity contribution < 1.29 is 9.90 Å². The summed E-state index contributed by atoms with van der Waals surface area (Å²) >= 11 is 1.76. The van der Waals surface area contributed by atoms with Crippen LogP contribution in [0.25, 0.3) is 10.8 Å². The Kier molecular flexibility index (Phi) is 3.92. The van der Waals surface area contributed by atoms with E-state index in [1.165, 1.54) is 31.9 Å². The van der Waals surface area contributed by atoms with Gasteiger partial charge in [0.1, 0.15) is 5.03 Å². The lowest BCUT2D eigenvalue weighted by atomic mass is 10.1. The number of fused-ring (bicyclic) bond motifs is 1. The second-order valence-electron chi connectivity index (χ2n) is 5.29. The topological polar surface area (TPSA) is 50.2 Å². The average molecular weight is 287 g/mol. The molecule has 2 aromatic rings. The molecule has 4 heteroatoms.